The minimum absolute atomic E-state index is 0.673. The quantitative estimate of drug-likeness (QED) is 0.295. The number of hydrogen-bond donors (Lipinski definition) is 1. The lowest BCUT2D eigenvalue weighted by atomic mass is 10.0. The predicted molar refractivity (Wildman–Crippen MR) is 140 cm³/mol. The van der Waals surface area contributed by atoms with E-state index in [1.165, 1.54) is 21.8 Å². The third-order valence-electron chi connectivity index (χ3n) is 6.75. The molecule has 1 N–H and O–H groups in total. The van der Waals surface area contributed by atoms with Crippen LogP contribution in [0.25, 0.3) is 60.4 Å². The molecule has 3 nitrogen and oxygen atoms in total. The maximum Gasteiger partial charge on any atom is 0.0991 e. The molecule has 0 bridgehead atoms. The molecule has 3 heteroatoms. The van der Waals surface area contributed by atoms with Crippen LogP contribution in [0.3, 0.4) is 0 Å². The first-order chi connectivity index (χ1) is 16.8. The summed E-state index contributed by atoms with van der Waals surface area (Å²) in [4.78, 5) is 3.47. The van der Waals surface area contributed by atoms with Crippen molar-refractivity contribution in [2.75, 3.05) is 0 Å². The molecule has 158 valence electrons. The molecular formula is C31H19N3. The second-order valence-electron chi connectivity index (χ2n) is 8.68. The fourth-order valence-corrected chi connectivity index (χ4v) is 5.17. The van der Waals surface area contributed by atoms with Crippen molar-refractivity contribution in [2.45, 2.75) is 0 Å². The minimum Gasteiger partial charge on any atom is -0.355 e. The van der Waals surface area contributed by atoms with Gasteiger partial charge in [-0.05, 0) is 65.7 Å². The van der Waals surface area contributed by atoms with Crippen LogP contribution in [-0.4, -0.2) is 9.55 Å². The van der Waals surface area contributed by atoms with Crippen LogP contribution in [0.2, 0.25) is 0 Å². The molecule has 0 fully saturated rings. The summed E-state index contributed by atoms with van der Waals surface area (Å²) >= 11 is 0. The topological polar surface area (TPSA) is 44.5 Å². The van der Waals surface area contributed by atoms with E-state index in [9.17, 15) is 5.26 Å². The fraction of sp³-hybridized carbons (Fsp3) is 0. The molecule has 34 heavy (non-hydrogen) atoms. The van der Waals surface area contributed by atoms with E-state index in [-0.39, 0.29) is 0 Å². The predicted octanol–water partition coefficient (Wildman–Crippen LogP) is 7.96. The van der Waals surface area contributed by atoms with Crippen molar-refractivity contribution in [1.29, 1.82) is 5.26 Å². The smallest absolute Gasteiger partial charge is 0.0991 e. The molecule has 0 radical (unpaired) electrons. The number of benzene rings is 5. The summed E-state index contributed by atoms with van der Waals surface area (Å²) in [5, 5.41) is 14.1. The Labute approximate surface area is 196 Å². The Balaban J connectivity index is 1.44. The van der Waals surface area contributed by atoms with Crippen LogP contribution in [0.5, 0.6) is 0 Å². The van der Waals surface area contributed by atoms with Gasteiger partial charge >= 0.3 is 0 Å². The molecule has 0 spiro atoms. The highest BCUT2D eigenvalue weighted by Gasteiger charge is 2.12. The second kappa shape index (κ2) is 7.10. The lowest BCUT2D eigenvalue weighted by Crippen LogP contribution is -1.94. The lowest BCUT2D eigenvalue weighted by molar-refractivity contribution is 1.18. The van der Waals surface area contributed by atoms with Gasteiger partial charge in [0.05, 0.1) is 22.7 Å². The van der Waals surface area contributed by atoms with Crippen molar-refractivity contribution in [2.24, 2.45) is 0 Å². The highest BCUT2D eigenvalue weighted by Crippen LogP contribution is 2.34. The fourth-order valence-electron chi connectivity index (χ4n) is 5.17. The Morgan fingerprint density at radius 2 is 1.21 bits per heavy atom. The van der Waals surface area contributed by atoms with Crippen molar-refractivity contribution in [3.05, 3.63) is 115 Å². The van der Waals surface area contributed by atoms with Gasteiger partial charge in [-0.1, -0.05) is 54.6 Å². The summed E-state index contributed by atoms with van der Waals surface area (Å²) in [5.74, 6) is 0. The number of para-hydroxylation sites is 2. The molecule has 0 aliphatic carbocycles. The Bertz CT molecular complexity index is 1870. The van der Waals surface area contributed by atoms with Gasteiger partial charge in [0.1, 0.15) is 0 Å². The number of H-pyrrole nitrogens is 1. The molecule has 2 heterocycles. The highest BCUT2D eigenvalue weighted by atomic mass is 15.0. The first-order valence-electron chi connectivity index (χ1n) is 11.3. The van der Waals surface area contributed by atoms with Crippen molar-refractivity contribution in [3.63, 3.8) is 0 Å². The van der Waals surface area contributed by atoms with E-state index >= 15 is 0 Å². The normalized spacial score (nSPS) is 11.5. The van der Waals surface area contributed by atoms with Gasteiger partial charge in [-0.25, -0.2) is 0 Å². The third kappa shape index (κ3) is 2.69. The number of nitriles is 1. The van der Waals surface area contributed by atoms with Gasteiger partial charge in [-0.3, -0.25) is 0 Å². The van der Waals surface area contributed by atoms with Gasteiger partial charge < -0.3 is 9.55 Å². The average molecular weight is 434 g/mol. The standard InChI is InChI=1S/C31H19N3/c32-19-20-12-14-28-26(16-20)27-18-22(13-15-29(27)33-28)21-6-5-7-23(17-21)34-30-10-3-1-8-24(30)25-9-2-4-11-31(25)34/h1-18,33H. The molecule has 5 aromatic carbocycles. The maximum absolute atomic E-state index is 9.35. The zero-order chi connectivity index (χ0) is 22.6. The highest BCUT2D eigenvalue weighted by molar-refractivity contribution is 6.10. The number of aromatic amines is 1. The van der Waals surface area contributed by atoms with Crippen LogP contribution in [0.15, 0.2) is 109 Å². The van der Waals surface area contributed by atoms with Crippen LogP contribution in [0.1, 0.15) is 5.56 Å². The lowest BCUT2D eigenvalue weighted by Gasteiger charge is -2.10. The molecule has 0 aliphatic heterocycles. The number of nitrogens with zero attached hydrogens (tertiary/aromatic N) is 2. The van der Waals surface area contributed by atoms with Crippen molar-refractivity contribution in [3.8, 4) is 22.9 Å². The van der Waals surface area contributed by atoms with Crippen LogP contribution in [-0.2, 0) is 0 Å². The Morgan fingerprint density at radius 3 is 1.94 bits per heavy atom. The molecular weight excluding hydrogens is 414 g/mol. The van der Waals surface area contributed by atoms with Gasteiger partial charge in [-0.15, -0.1) is 0 Å². The van der Waals surface area contributed by atoms with Crippen molar-refractivity contribution >= 4 is 43.6 Å². The minimum atomic E-state index is 0.673. The van der Waals surface area contributed by atoms with E-state index in [4.69, 9.17) is 0 Å². The van der Waals surface area contributed by atoms with Crippen molar-refractivity contribution < 1.29 is 0 Å². The van der Waals surface area contributed by atoms with E-state index in [1.54, 1.807) is 0 Å². The van der Waals surface area contributed by atoms with Crippen molar-refractivity contribution in [1.82, 2.24) is 9.55 Å². The number of rotatable bonds is 2. The Kier molecular flexibility index (Phi) is 3.91. The molecule has 7 aromatic rings. The summed E-state index contributed by atoms with van der Waals surface area (Å²) in [6, 6.07) is 40.4. The molecule has 0 saturated heterocycles. The number of fused-ring (bicyclic) bond motifs is 6. The summed E-state index contributed by atoms with van der Waals surface area (Å²) < 4.78 is 2.34. The van der Waals surface area contributed by atoms with Crippen LogP contribution in [0.4, 0.5) is 0 Å². The zero-order valence-electron chi connectivity index (χ0n) is 18.3. The van der Waals surface area contributed by atoms with E-state index < -0.39 is 0 Å². The molecule has 0 saturated carbocycles. The van der Waals surface area contributed by atoms with E-state index in [1.807, 2.05) is 18.2 Å². The average Bonchev–Trinajstić information content (AvgIpc) is 3.43. The number of hydrogen-bond acceptors (Lipinski definition) is 1. The molecule has 0 unspecified atom stereocenters. The van der Waals surface area contributed by atoms with Gasteiger partial charge in [0.2, 0.25) is 0 Å². The summed E-state index contributed by atoms with van der Waals surface area (Å²) in [6.45, 7) is 0. The number of aromatic nitrogens is 2. The van der Waals surface area contributed by atoms with Gasteiger partial charge in [0.25, 0.3) is 0 Å². The molecule has 7 rings (SSSR count). The molecule has 0 atom stereocenters. The van der Waals surface area contributed by atoms with Crippen LogP contribution >= 0.6 is 0 Å². The summed E-state index contributed by atoms with van der Waals surface area (Å²) in [6.07, 6.45) is 0. The van der Waals surface area contributed by atoms with Gasteiger partial charge in [0, 0.05) is 38.3 Å². The van der Waals surface area contributed by atoms with Gasteiger partial charge in [0.15, 0.2) is 0 Å². The summed E-state index contributed by atoms with van der Waals surface area (Å²) in [7, 11) is 0. The summed E-state index contributed by atoms with van der Waals surface area (Å²) in [5.41, 5.74) is 8.66. The largest absolute Gasteiger partial charge is 0.355 e. The zero-order valence-corrected chi connectivity index (χ0v) is 18.3. The van der Waals surface area contributed by atoms with Crippen LogP contribution in [0, 0.1) is 11.3 Å². The first-order valence-corrected chi connectivity index (χ1v) is 11.3. The van der Waals surface area contributed by atoms with Gasteiger partial charge in [-0.2, -0.15) is 5.26 Å². The second-order valence-corrected chi connectivity index (χ2v) is 8.68. The molecule has 0 aliphatic rings. The maximum atomic E-state index is 9.35. The first kappa shape index (κ1) is 18.7. The SMILES string of the molecule is N#Cc1ccc2[nH]c3ccc(-c4cccc(-n5c6ccccc6c6ccccc65)c4)cc3c2c1. The molecule has 0 amide bonds. The monoisotopic (exact) mass is 433 g/mol. The Hall–Kier alpha value is -4.81. The third-order valence-corrected chi connectivity index (χ3v) is 6.75. The molecule has 2 aromatic heterocycles. The van der Waals surface area contributed by atoms with E-state index in [0.717, 1.165) is 38.6 Å². The van der Waals surface area contributed by atoms with E-state index in [0.29, 0.717) is 5.56 Å². The van der Waals surface area contributed by atoms with E-state index in [2.05, 4.69) is 107 Å². The van der Waals surface area contributed by atoms with Crippen LogP contribution < -0.4 is 0 Å². The number of nitrogens with one attached hydrogen (secondary N) is 1. The Morgan fingerprint density at radius 1 is 0.559 bits per heavy atom.